The van der Waals surface area contributed by atoms with Gasteiger partial charge in [-0.2, -0.15) is 0 Å². The Bertz CT molecular complexity index is 328. The van der Waals surface area contributed by atoms with E-state index >= 15 is 0 Å². The van der Waals surface area contributed by atoms with Crippen molar-refractivity contribution in [2.24, 2.45) is 0 Å². The number of nitrogens with one attached hydrogen (secondary N) is 1. The highest BCUT2D eigenvalue weighted by Gasteiger charge is 2.32. The van der Waals surface area contributed by atoms with Gasteiger partial charge in [0.25, 0.3) is 0 Å². The van der Waals surface area contributed by atoms with Gasteiger partial charge < -0.3 is 15.2 Å². The molecular weight excluding hydrogens is 202 g/mol. The lowest BCUT2D eigenvalue weighted by Crippen LogP contribution is -2.53. The second kappa shape index (κ2) is 4.95. The summed E-state index contributed by atoms with van der Waals surface area (Å²) in [6.07, 6.45) is 0.761. The molecule has 2 N–H and O–H groups in total. The van der Waals surface area contributed by atoms with Crippen molar-refractivity contribution < 1.29 is 9.84 Å². The highest BCUT2D eigenvalue weighted by Crippen LogP contribution is 2.19. The van der Waals surface area contributed by atoms with Gasteiger partial charge in [0, 0.05) is 19.5 Å². The van der Waals surface area contributed by atoms with Crippen molar-refractivity contribution in [3.63, 3.8) is 0 Å². The van der Waals surface area contributed by atoms with Gasteiger partial charge in [-0.25, -0.2) is 0 Å². The Hall–Kier alpha value is -0.900. The summed E-state index contributed by atoms with van der Waals surface area (Å²) >= 11 is 0. The third kappa shape index (κ3) is 2.61. The number of rotatable bonds is 3. The molecule has 1 heterocycles. The third-order valence-electron chi connectivity index (χ3n) is 3.07. The van der Waals surface area contributed by atoms with Crippen LogP contribution in [0.3, 0.4) is 0 Å². The Balaban J connectivity index is 2.08. The van der Waals surface area contributed by atoms with E-state index < -0.39 is 5.60 Å². The quantitative estimate of drug-likeness (QED) is 0.796. The summed E-state index contributed by atoms with van der Waals surface area (Å²) in [6, 6.07) is 8.39. The van der Waals surface area contributed by atoms with Crippen molar-refractivity contribution >= 4 is 0 Å². The minimum Gasteiger partial charge on any atom is -0.393 e. The Labute approximate surface area is 96.4 Å². The van der Waals surface area contributed by atoms with Crippen molar-refractivity contribution in [2.75, 3.05) is 26.3 Å². The Morgan fingerprint density at radius 1 is 1.38 bits per heavy atom. The summed E-state index contributed by atoms with van der Waals surface area (Å²) in [5, 5.41) is 12.8. The van der Waals surface area contributed by atoms with E-state index in [1.165, 1.54) is 11.1 Å². The highest BCUT2D eigenvalue weighted by atomic mass is 16.5. The van der Waals surface area contributed by atoms with Gasteiger partial charge in [0.2, 0.25) is 0 Å². The molecule has 1 aromatic rings. The summed E-state index contributed by atoms with van der Waals surface area (Å²) in [7, 11) is 0. The Morgan fingerprint density at radius 3 is 2.69 bits per heavy atom. The first-order valence-corrected chi connectivity index (χ1v) is 5.75. The van der Waals surface area contributed by atoms with E-state index in [1.54, 1.807) is 0 Å². The molecule has 0 bridgehead atoms. The van der Waals surface area contributed by atoms with Crippen molar-refractivity contribution in [1.82, 2.24) is 5.32 Å². The fourth-order valence-electron chi connectivity index (χ4n) is 2.06. The van der Waals surface area contributed by atoms with Crippen LogP contribution in [0.2, 0.25) is 0 Å². The van der Waals surface area contributed by atoms with E-state index in [0.29, 0.717) is 6.61 Å². The molecule has 1 aliphatic heterocycles. The predicted molar refractivity (Wildman–Crippen MR) is 63.5 cm³/mol. The largest absolute Gasteiger partial charge is 0.393 e. The molecule has 3 nitrogen and oxygen atoms in total. The van der Waals surface area contributed by atoms with Gasteiger partial charge in [0.05, 0.1) is 13.2 Å². The Morgan fingerprint density at radius 2 is 2.12 bits per heavy atom. The van der Waals surface area contributed by atoms with Gasteiger partial charge in [0.1, 0.15) is 5.60 Å². The molecule has 2 rings (SSSR count). The molecule has 0 aliphatic carbocycles. The fourth-order valence-corrected chi connectivity index (χ4v) is 2.06. The molecule has 0 saturated carbocycles. The van der Waals surface area contributed by atoms with E-state index in [9.17, 15) is 5.11 Å². The van der Waals surface area contributed by atoms with Gasteiger partial charge in [-0.15, -0.1) is 0 Å². The predicted octanol–water partition coefficient (Wildman–Crippen LogP) is 0.888. The molecule has 1 aromatic carbocycles. The maximum atomic E-state index is 9.49. The maximum Gasteiger partial charge on any atom is 0.108 e. The molecular formula is C13H19NO2. The first kappa shape index (κ1) is 11.6. The first-order valence-electron chi connectivity index (χ1n) is 5.75. The molecule has 88 valence electrons. The number of morpholine rings is 1. The van der Waals surface area contributed by atoms with Crippen LogP contribution in [0.5, 0.6) is 0 Å². The summed E-state index contributed by atoms with van der Waals surface area (Å²) in [5.41, 5.74) is 2.03. The van der Waals surface area contributed by atoms with Crippen molar-refractivity contribution in [2.45, 2.75) is 18.9 Å². The van der Waals surface area contributed by atoms with E-state index in [0.717, 1.165) is 19.5 Å². The molecule has 0 radical (unpaired) electrons. The number of aryl methyl sites for hydroxylation is 1. The van der Waals surface area contributed by atoms with Crippen molar-refractivity contribution in [3.05, 3.63) is 35.4 Å². The number of aliphatic hydroxyl groups is 1. The molecule has 0 amide bonds. The fraction of sp³-hybridized carbons (Fsp3) is 0.538. The Kier molecular flexibility index (Phi) is 3.59. The van der Waals surface area contributed by atoms with Crippen LogP contribution in [0.1, 0.15) is 11.1 Å². The molecule has 1 atom stereocenters. The zero-order chi connectivity index (χ0) is 11.4. The summed E-state index contributed by atoms with van der Waals surface area (Å²) in [6.45, 7) is 4.40. The van der Waals surface area contributed by atoms with Crippen LogP contribution in [-0.2, 0) is 11.2 Å². The lowest BCUT2D eigenvalue weighted by atomic mass is 9.93. The lowest BCUT2D eigenvalue weighted by molar-refractivity contribution is -0.0954. The van der Waals surface area contributed by atoms with Gasteiger partial charge in [-0.05, 0) is 12.5 Å². The summed E-state index contributed by atoms with van der Waals surface area (Å²) < 4.78 is 5.74. The number of ether oxygens (including phenoxy) is 1. The number of aliphatic hydroxyl groups excluding tert-OH is 1. The van der Waals surface area contributed by atoms with Crippen LogP contribution >= 0.6 is 0 Å². The first-order chi connectivity index (χ1) is 7.74. The standard InChI is InChI=1S/C13H19NO2/c1-11-2-4-12(5-3-11)8-13(10-15)9-14-6-7-16-13/h2-5,14-15H,6-10H2,1H3. The highest BCUT2D eigenvalue weighted by molar-refractivity contribution is 5.23. The zero-order valence-corrected chi connectivity index (χ0v) is 9.70. The number of hydrogen-bond donors (Lipinski definition) is 2. The SMILES string of the molecule is Cc1ccc(CC2(CO)CNCCO2)cc1. The van der Waals surface area contributed by atoms with Gasteiger partial charge >= 0.3 is 0 Å². The normalized spacial score (nSPS) is 25.6. The number of hydrogen-bond acceptors (Lipinski definition) is 3. The molecule has 0 aromatic heterocycles. The minimum atomic E-state index is -0.437. The van der Waals surface area contributed by atoms with Crippen molar-refractivity contribution in [1.29, 1.82) is 0 Å². The number of benzene rings is 1. The van der Waals surface area contributed by atoms with E-state index in [4.69, 9.17) is 4.74 Å². The monoisotopic (exact) mass is 221 g/mol. The van der Waals surface area contributed by atoms with Crippen LogP contribution in [0.15, 0.2) is 24.3 Å². The summed E-state index contributed by atoms with van der Waals surface area (Å²) in [4.78, 5) is 0. The average molecular weight is 221 g/mol. The van der Waals surface area contributed by atoms with E-state index in [1.807, 2.05) is 0 Å². The molecule has 1 fully saturated rings. The van der Waals surface area contributed by atoms with E-state index in [2.05, 4.69) is 36.5 Å². The molecule has 0 spiro atoms. The topological polar surface area (TPSA) is 41.5 Å². The van der Waals surface area contributed by atoms with Crippen LogP contribution in [0.4, 0.5) is 0 Å². The van der Waals surface area contributed by atoms with Gasteiger partial charge in [0.15, 0.2) is 0 Å². The molecule has 3 heteroatoms. The summed E-state index contributed by atoms with van der Waals surface area (Å²) in [5.74, 6) is 0. The minimum absolute atomic E-state index is 0.0634. The maximum absolute atomic E-state index is 9.49. The van der Waals surface area contributed by atoms with Crippen LogP contribution in [0.25, 0.3) is 0 Å². The van der Waals surface area contributed by atoms with Gasteiger partial charge in [-0.1, -0.05) is 29.8 Å². The zero-order valence-electron chi connectivity index (χ0n) is 9.70. The van der Waals surface area contributed by atoms with Crippen LogP contribution < -0.4 is 5.32 Å². The molecule has 1 unspecified atom stereocenters. The van der Waals surface area contributed by atoms with Crippen molar-refractivity contribution in [3.8, 4) is 0 Å². The average Bonchev–Trinajstić information content (AvgIpc) is 2.33. The molecule has 1 saturated heterocycles. The molecule has 16 heavy (non-hydrogen) atoms. The third-order valence-corrected chi connectivity index (χ3v) is 3.07. The second-order valence-electron chi connectivity index (χ2n) is 4.53. The van der Waals surface area contributed by atoms with Gasteiger partial charge in [-0.3, -0.25) is 0 Å². The van der Waals surface area contributed by atoms with Crippen LogP contribution in [-0.4, -0.2) is 37.0 Å². The smallest absolute Gasteiger partial charge is 0.108 e. The van der Waals surface area contributed by atoms with Crippen LogP contribution in [0, 0.1) is 6.92 Å². The van der Waals surface area contributed by atoms with E-state index in [-0.39, 0.29) is 6.61 Å². The second-order valence-corrected chi connectivity index (χ2v) is 4.53. The molecule has 1 aliphatic rings. The lowest BCUT2D eigenvalue weighted by Gasteiger charge is -2.36.